The van der Waals surface area contributed by atoms with Crippen molar-refractivity contribution in [2.75, 3.05) is 26.0 Å². The number of amides is 1. The Morgan fingerprint density at radius 3 is 2.63 bits per heavy atom. The maximum atomic E-state index is 12.4. The van der Waals surface area contributed by atoms with Crippen LogP contribution >= 0.6 is 23.1 Å². The summed E-state index contributed by atoms with van der Waals surface area (Å²) in [7, 11) is 1.64. The Bertz CT molecular complexity index is 889. The number of hydrogen-bond acceptors (Lipinski definition) is 6. The first kappa shape index (κ1) is 19.4. The Labute approximate surface area is 167 Å². The van der Waals surface area contributed by atoms with Crippen LogP contribution in [0, 0.1) is 0 Å². The van der Waals surface area contributed by atoms with Crippen molar-refractivity contribution >= 4 is 29.0 Å². The molecular weight excluding hydrogens is 380 g/mol. The molecule has 0 N–H and O–H groups in total. The maximum absolute atomic E-state index is 12.4. The summed E-state index contributed by atoms with van der Waals surface area (Å²) in [5.74, 6) is 1.89. The van der Waals surface area contributed by atoms with E-state index in [1.54, 1.807) is 18.4 Å². The molecule has 0 saturated carbocycles. The van der Waals surface area contributed by atoms with Gasteiger partial charge in [0.15, 0.2) is 11.0 Å². The second-order valence-corrected chi connectivity index (χ2v) is 7.54. The van der Waals surface area contributed by atoms with Crippen LogP contribution in [0.2, 0.25) is 0 Å². The number of para-hydroxylation sites is 2. The fourth-order valence-electron chi connectivity index (χ4n) is 2.75. The molecule has 8 heteroatoms. The second kappa shape index (κ2) is 9.05. The summed E-state index contributed by atoms with van der Waals surface area (Å²) in [6.45, 7) is 5.38. The number of benzene rings is 1. The normalized spacial score (nSPS) is 10.8. The molecule has 6 nitrogen and oxygen atoms in total. The smallest absolute Gasteiger partial charge is 0.233 e. The molecule has 2 heterocycles. The molecule has 0 atom stereocenters. The first-order valence-corrected chi connectivity index (χ1v) is 10.6. The van der Waals surface area contributed by atoms with Crippen LogP contribution in [0.3, 0.4) is 0 Å². The fraction of sp³-hybridized carbons (Fsp3) is 0.316. The van der Waals surface area contributed by atoms with E-state index in [0.29, 0.717) is 24.0 Å². The third-order valence-corrected chi connectivity index (χ3v) is 5.92. The van der Waals surface area contributed by atoms with E-state index in [1.165, 1.54) is 11.8 Å². The molecule has 27 heavy (non-hydrogen) atoms. The number of ether oxygens (including phenoxy) is 1. The molecule has 0 aliphatic heterocycles. The third kappa shape index (κ3) is 4.17. The average molecular weight is 403 g/mol. The zero-order valence-corrected chi connectivity index (χ0v) is 17.2. The molecule has 3 aromatic rings. The number of carbonyl (C=O) groups is 1. The Balaban J connectivity index is 1.99. The largest absolute Gasteiger partial charge is 0.495 e. The van der Waals surface area contributed by atoms with Crippen molar-refractivity contribution < 1.29 is 9.53 Å². The predicted octanol–water partition coefficient (Wildman–Crippen LogP) is 3.96. The first-order chi connectivity index (χ1) is 13.2. The van der Waals surface area contributed by atoms with Gasteiger partial charge in [-0.1, -0.05) is 30.0 Å². The van der Waals surface area contributed by atoms with Crippen molar-refractivity contribution in [1.29, 1.82) is 0 Å². The van der Waals surface area contributed by atoms with Gasteiger partial charge in [0, 0.05) is 13.1 Å². The molecule has 0 fully saturated rings. The van der Waals surface area contributed by atoms with E-state index in [2.05, 4.69) is 10.2 Å². The van der Waals surface area contributed by atoms with Gasteiger partial charge in [-0.15, -0.1) is 21.5 Å². The minimum atomic E-state index is 0.0947. The highest BCUT2D eigenvalue weighted by molar-refractivity contribution is 7.99. The standard InChI is InChI=1S/C19H22N4O2S2/c1-4-22(5-2)17(24)13-27-19-21-20-18(16-11-8-12-26-16)23(19)14-9-6-7-10-15(14)25-3/h6-12H,4-5,13H2,1-3H3. The second-order valence-electron chi connectivity index (χ2n) is 5.65. The highest BCUT2D eigenvalue weighted by Crippen LogP contribution is 2.34. The lowest BCUT2D eigenvalue weighted by molar-refractivity contribution is -0.127. The van der Waals surface area contributed by atoms with E-state index in [4.69, 9.17) is 4.74 Å². The maximum Gasteiger partial charge on any atom is 0.233 e. The van der Waals surface area contributed by atoms with E-state index in [9.17, 15) is 4.79 Å². The molecule has 0 aliphatic carbocycles. The fourth-order valence-corrected chi connectivity index (χ4v) is 4.30. The van der Waals surface area contributed by atoms with Crippen molar-refractivity contribution in [3.05, 3.63) is 41.8 Å². The van der Waals surface area contributed by atoms with Gasteiger partial charge in [-0.05, 0) is 37.4 Å². The highest BCUT2D eigenvalue weighted by atomic mass is 32.2. The lowest BCUT2D eigenvalue weighted by Gasteiger charge is -2.18. The molecule has 0 radical (unpaired) electrons. The molecule has 2 aromatic heterocycles. The summed E-state index contributed by atoms with van der Waals surface area (Å²) in [5, 5.41) is 11.4. The van der Waals surface area contributed by atoms with Crippen molar-refractivity contribution in [1.82, 2.24) is 19.7 Å². The van der Waals surface area contributed by atoms with Gasteiger partial charge in [-0.2, -0.15) is 0 Å². The number of rotatable bonds is 8. The molecule has 1 aromatic carbocycles. The van der Waals surface area contributed by atoms with Crippen LogP contribution in [0.5, 0.6) is 5.75 Å². The molecule has 1 amide bonds. The Morgan fingerprint density at radius 1 is 1.19 bits per heavy atom. The number of methoxy groups -OCH3 is 1. The van der Waals surface area contributed by atoms with E-state index in [0.717, 1.165) is 22.1 Å². The van der Waals surface area contributed by atoms with Gasteiger partial charge >= 0.3 is 0 Å². The van der Waals surface area contributed by atoms with Gasteiger partial charge in [0.1, 0.15) is 5.75 Å². The number of nitrogens with zero attached hydrogens (tertiary/aromatic N) is 4. The van der Waals surface area contributed by atoms with Gasteiger partial charge in [0.2, 0.25) is 5.91 Å². The minimum absolute atomic E-state index is 0.0947. The third-order valence-electron chi connectivity index (χ3n) is 4.14. The van der Waals surface area contributed by atoms with Crippen LogP contribution in [-0.4, -0.2) is 51.5 Å². The van der Waals surface area contributed by atoms with Crippen molar-refractivity contribution in [3.63, 3.8) is 0 Å². The monoisotopic (exact) mass is 402 g/mol. The van der Waals surface area contributed by atoms with Gasteiger partial charge in [0.25, 0.3) is 0 Å². The minimum Gasteiger partial charge on any atom is -0.495 e. The summed E-state index contributed by atoms with van der Waals surface area (Å²) >= 11 is 2.99. The molecule has 0 aliphatic rings. The summed E-state index contributed by atoms with van der Waals surface area (Å²) in [5.41, 5.74) is 0.853. The molecule has 142 valence electrons. The quantitative estimate of drug-likeness (QED) is 0.534. The Kier molecular flexibility index (Phi) is 6.52. The van der Waals surface area contributed by atoms with E-state index < -0.39 is 0 Å². The molecule has 0 saturated heterocycles. The van der Waals surface area contributed by atoms with Crippen molar-refractivity contribution in [2.45, 2.75) is 19.0 Å². The van der Waals surface area contributed by atoms with Crippen LogP contribution in [-0.2, 0) is 4.79 Å². The van der Waals surface area contributed by atoms with Gasteiger partial charge in [-0.25, -0.2) is 0 Å². The number of hydrogen-bond donors (Lipinski definition) is 0. The molecule has 0 unspecified atom stereocenters. The number of aromatic nitrogens is 3. The summed E-state index contributed by atoms with van der Waals surface area (Å²) < 4.78 is 7.50. The lowest BCUT2D eigenvalue weighted by Crippen LogP contribution is -2.31. The van der Waals surface area contributed by atoms with Crippen LogP contribution in [0.4, 0.5) is 0 Å². The summed E-state index contributed by atoms with van der Waals surface area (Å²) in [6, 6.07) is 11.7. The Hall–Kier alpha value is -2.32. The van der Waals surface area contributed by atoms with Crippen molar-refractivity contribution in [3.8, 4) is 22.1 Å². The SMILES string of the molecule is CCN(CC)C(=O)CSc1nnc(-c2cccs2)n1-c1ccccc1OC. The van der Waals surface area contributed by atoms with E-state index >= 15 is 0 Å². The highest BCUT2D eigenvalue weighted by Gasteiger charge is 2.21. The number of carbonyl (C=O) groups excluding carboxylic acids is 1. The van der Waals surface area contributed by atoms with Gasteiger partial charge < -0.3 is 9.64 Å². The average Bonchev–Trinajstić information content (AvgIpc) is 3.36. The van der Waals surface area contributed by atoms with Crippen LogP contribution in [0.25, 0.3) is 16.4 Å². The number of thioether (sulfide) groups is 1. The predicted molar refractivity (Wildman–Crippen MR) is 110 cm³/mol. The first-order valence-electron chi connectivity index (χ1n) is 8.72. The zero-order valence-electron chi connectivity index (χ0n) is 15.6. The molecule has 3 rings (SSSR count). The number of thiophene rings is 1. The Morgan fingerprint density at radius 2 is 1.96 bits per heavy atom. The molecule has 0 spiro atoms. The van der Waals surface area contributed by atoms with Crippen LogP contribution in [0.15, 0.2) is 46.9 Å². The van der Waals surface area contributed by atoms with E-state index in [1.807, 2.05) is 65.1 Å². The van der Waals surface area contributed by atoms with Crippen molar-refractivity contribution in [2.24, 2.45) is 0 Å². The van der Waals surface area contributed by atoms with Gasteiger partial charge in [-0.3, -0.25) is 9.36 Å². The summed E-state index contributed by atoms with van der Waals surface area (Å²) in [6.07, 6.45) is 0. The topological polar surface area (TPSA) is 60.2 Å². The van der Waals surface area contributed by atoms with Crippen LogP contribution in [0.1, 0.15) is 13.8 Å². The molecule has 0 bridgehead atoms. The summed E-state index contributed by atoms with van der Waals surface area (Å²) in [4.78, 5) is 15.2. The lowest BCUT2D eigenvalue weighted by atomic mass is 10.3. The van der Waals surface area contributed by atoms with Gasteiger partial charge in [0.05, 0.1) is 23.4 Å². The van der Waals surface area contributed by atoms with Crippen LogP contribution < -0.4 is 4.74 Å². The van der Waals surface area contributed by atoms with E-state index in [-0.39, 0.29) is 5.91 Å². The zero-order chi connectivity index (χ0) is 19.2. The molecular formula is C19H22N4O2S2.